The van der Waals surface area contributed by atoms with Gasteiger partial charge in [0.1, 0.15) is 0 Å². The smallest absolute Gasteiger partial charge is 0.0787 e. The second-order valence-electron chi connectivity index (χ2n) is 5.54. The molecule has 0 aliphatic carbocycles. The number of fused-ring (bicyclic) bond motifs is 7. The van der Waals surface area contributed by atoms with Crippen molar-refractivity contribution in [3.05, 3.63) is 73.1 Å². The summed E-state index contributed by atoms with van der Waals surface area (Å²) in [5, 5.41) is 7.15. The molecule has 0 atom stereocenters. The molecule has 5 aromatic rings. The highest BCUT2D eigenvalue weighted by atomic mass is 14.7. The van der Waals surface area contributed by atoms with E-state index in [1.165, 1.54) is 21.5 Å². The van der Waals surface area contributed by atoms with Gasteiger partial charge in [0.2, 0.25) is 0 Å². The summed E-state index contributed by atoms with van der Waals surface area (Å²) in [4.78, 5) is 9.28. The van der Waals surface area contributed by atoms with Crippen LogP contribution in [0, 0.1) is 0 Å². The third-order valence-corrected chi connectivity index (χ3v) is 4.31. The molecule has 0 unspecified atom stereocenters. The van der Waals surface area contributed by atoms with Crippen LogP contribution >= 0.6 is 0 Å². The number of aromatic nitrogens is 2. The molecule has 0 bridgehead atoms. The number of benzene rings is 3. The Morgan fingerprint density at radius 3 is 2.41 bits per heavy atom. The lowest BCUT2D eigenvalue weighted by molar-refractivity contribution is 1.42. The Hall–Kier alpha value is -3.00. The molecule has 0 radical (unpaired) electrons. The SMILES string of the molecule is c1ccc2c(c1)ccc1ncc3ccc4cccnc4c3c12. The van der Waals surface area contributed by atoms with Crippen LogP contribution in [0.1, 0.15) is 0 Å². The average Bonchev–Trinajstić information content (AvgIpc) is 2.60. The summed E-state index contributed by atoms with van der Waals surface area (Å²) in [5.74, 6) is 0. The number of pyridine rings is 2. The number of hydrogen-bond acceptors (Lipinski definition) is 2. The van der Waals surface area contributed by atoms with E-state index < -0.39 is 0 Å². The first-order chi connectivity index (χ1) is 10.9. The van der Waals surface area contributed by atoms with Crippen LogP contribution in [0.25, 0.3) is 43.4 Å². The first kappa shape index (κ1) is 11.6. The summed E-state index contributed by atoms with van der Waals surface area (Å²) in [5.41, 5.74) is 2.06. The van der Waals surface area contributed by atoms with E-state index >= 15 is 0 Å². The van der Waals surface area contributed by atoms with Gasteiger partial charge in [-0.3, -0.25) is 9.97 Å². The number of rotatable bonds is 0. The Bertz CT molecular complexity index is 1070. The molecule has 22 heavy (non-hydrogen) atoms. The Morgan fingerprint density at radius 1 is 0.591 bits per heavy atom. The third-order valence-electron chi connectivity index (χ3n) is 4.31. The lowest BCUT2D eigenvalue weighted by Gasteiger charge is -2.09. The fraction of sp³-hybridized carbons (Fsp3) is 0. The molecule has 2 heterocycles. The highest BCUT2D eigenvalue weighted by molar-refractivity contribution is 6.25. The fourth-order valence-corrected chi connectivity index (χ4v) is 3.30. The minimum Gasteiger partial charge on any atom is -0.256 e. The van der Waals surface area contributed by atoms with E-state index in [-0.39, 0.29) is 0 Å². The van der Waals surface area contributed by atoms with Crippen LogP contribution in [0.4, 0.5) is 0 Å². The molecule has 5 rings (SSSR count). The molecule has 2 heteroatoms. The van der Waals surface area contributed by atoms with E-state index in [1.54, 1.807) is 0 Å². The van der Waals surface area contributed by atoms with Crippen molar-refractivity contribution in [1.82, 2.24) is 9.97 Å². The Labute approximate surface area is 127 Å². The van der Waals surface area contributed by atoms with E-state index in [2.05, 4.69) is 64.6 Å². The summed E-state index contributed by atoms with van der Waals surface area (Å²) >= 11 is 0. The van der Waals surface area contributed by atoms with Gasteiger partial charge in [-0.15, -0.1) is 0 Å². The van der Waals surface area contributed by atoms with Gasteiger partial charge in [-0.2, -0.15) is 0 Å². The van der Waals surface area contributed by atoms with E-state index in [4.69, 9.17) is 0 Å². The molecule has 2 nitrogen and oxygen atoms in total. The first-order valence-electron chi connectivity index (χ1n) is 7.36. The summed E-state index contributed by atoms with van der Waals surface area (Å²) in [7, 11) is 0. The predicted octanol–water partition coefficient (Wildman–Crippen LogP) is 5.09. The van der Waals surface area contributed by atoms with Gasteiger partial charge in [0.05, 0.1) is 11.0 Å². The van der Waals surface area contributed by atoms with Crippen molar-refractivity contribution >= 4 is 43.4 Å². The Balaban J connectivity index is 2.19. The Kier molecular flexibility index (Phi) is 2.25. The van der Waals surface area contributed by atoms with Gasteiger partial charge in [0, 0.05) is 33.9 Å². The topological polar surface area (TPSA) is 25.8 Å². The normalized spacial score (nSPS) is 11.6. The van der Waals surface area contributed by atoms with Crippen LogP contribution in [0.3, 0.4) is 0 Å². The molecule has 102 valence electrons. The van der Waals surface area contributed by atoms with Crippen LogP contribution in [0.15, 0.2) is 73.1 Å². The number of nitrogens with zero attached hydrogens (tertiary/aromatic N) is 2. The maximum atomic E-state index is 4.64. The van der Waals surface area contributed by atoms with E-state index in [9.17, 15) is 0 Å². The second-order valence-corrected chi connectivity index (χ2v) is 5.54. The predicted molar refractivity (Wildman–Crippen MR) is 92.1 cm³/mol. The standard InChI is InChI=1S/C20H12N2/c1-2-6-16-13(4-1)9-10-17-19(16)18-15(12-22-17)8-7-14-5-3-11-21-20(14)18/h1-12H. The highest BCUT2D eigenvalue weighted by Crippen LogP contribution is 2.34. The van der Waals surface area contributed by atoms with Gasteiger partial charge >= 0.3 is 0 Å². The zero-order chi connectivity index (χ0) is 14.5. The third kappa shape index (κ3) is 1.49. The zero-order valence-electron chi connectivity index (χ0n) is 11.8. The van der Waals surface area contributed by atoms with Gasteiger partial charge in [-0.25, -0.2) is 0 Å². The lowest BCUT2D eigenvalue weighted by Crippen LogP contribution is -1.87. The van der Waals surface area contributed by atoms with Gasteiger partial charge in [0.25, 0.3) is 0 Å². The van der Waals surface area contributed by atoms with Gasteiger partial charge < -0.3 is 0 Å². The average molecular weight is 280 g/mol. The van der Waals surface area contributed by atoms with Gasteiger partial charge in [0.15, 0.2) is 0 Å². The molecule has 0 aliphatic rings. The van der Waals surface area contributed by atoms with Gasteiger partial charge in [-0.1, -0.05) is 48.5 Å². The summed E-state index contributed by atoms with van der Waals surface area (Å²) < 4.78 is 0. The van der Waals surface area contributed by atoms with E-state index in [0.29, 0.717) is 0 Å². The molecule has 0 spiro atoms. The van der Waals surface area contributed by atoms with E-state index in [1.807, 2.05) is 18.5 Å². The van der Waals surface area contributed by atoms with Crippen molar-refractivity contribution in [3.63, 3.8) is 0 Å². The maximum Gasteiger partial charge on any atom is 0.0787 e. The van der Waals surface area contributed by atoms with Crippen LogP contribution in [0.5, 0.6) is 0 Å². The Morgan fingerprint density at radius 2 is 1.41 bits per heavy atom. The highest BCUT2D eigenvalue weighted by Gasteiger charge is 2.09. The van der Waals surface area contributed by atoms with Crippen molar-refractivity contribution in [2.75, 3.05) is 0 Å². The molecule has 2 aromatic heterocycles. The minimum atomic E-state index is 1.02. The zero-order valence-corrected chi connectivity index (χ0v) is 11.8. The molecular formula is C20H12N2. The van der Waals surface area contributed by atoms with Crippen LogP contribution < -0.4 is 0 Å². The number of hydrogen-bond donors (Lipinski definition) is 0. The van der Waals surface area contributed by atoms with Crippen LogP contribution in [-0.2, 0) is 0 Å². The molecule has 0 saturated heterocycles. The molecule has 0 saturated carbocycles. The van der Waals surface area contributed by atoms with Crippen molar-refractivity contribution in [2.24, 2.45) is 0 Å². The quantitative estimate of drug-likeness (QED) is 0.369. The largest absolute Gasteiger partial charge is 0.256 e. The van der Waals surface area contributed by atoms with Crippen LogP contribution in [0.2, 0.25) is 0 Å². The molecular weight excluding hydrogens is 268 g/mol. The molecule has 0 amide bonds. The lowest BCUT2D eigenvalue weighted by atomic mass is 9.98. The summed E-state index contributed by atoms with van der Waals surface area (Å²) in [6.45, 7) is 0. The monoisotopic (exact) mass is 280 g/mol. The van der Waals surface area contributed by atoms with Crippen molar-refractivity contribution in [3.8, 4) is 0 Å². The van der Waals surface area contributed by atoms with Crippen LogP contribution in [-0.4, -0.2) is 9.97 Å². The van der Waals surface area contributed by atoms with Crippen molar-refractivity contribution in [2.45, 2.75) is 0 Å². The second kappa shape index (κ2) is 4.25. The van der Waals surface area contributed by atoms with Crippen molar-refractivity contribution < 1.29 is 0 Å². The molecule has 0 fully saturated rings. The summed E-state index contributed by atoms with van der Waals surface area (Å²) in [6.07, 6.45) is 3.81. The van der Waals surface area contributed by atoms with Gasteiger partial charge in [-0.05, 0) is 22.9 Å². The summed E-state index contributed by atoms with van der Waals surface area (Å²) in [6, 6.07) is 21.0. The molecule has 0 aliphatic heterocycles. The molecule has 0 N–H and O–H groups in total. The first-order valence-corrected chi connectivity index (χ1v) is 7.36. The minimum absolute atomic E-state index is 1.02. The maximum absolute atomic E-state index is 4.64. The molecule has 3 aromatic carbocycles. The van der Waals surface area contributed by atoms with E-state index in [0.717, 1.165) is 21.8 Å². The fourth-order valence-electron chi connectivity index (χ4n) is 3.30. The van der Waals surface area contributed by atoms with Crippen molar-refractivity contribution in [1.29, 1.82) is 0 Å².